The van der Waals surface area contributed by atoms with Crippen molar-refractivity contribution in [3.63, 3.8) is 0 Å². The van der Waals surface area contributed by atoms with E-state index in [0.717, 1.165) is 6.21 Å². The van der Waals surface area contributed by atoms with Gasteiger partial charge in [0.15, 0.2) is 5.82 Å². The third-order valence-electron chi connectivity index (χ3n) is 4.71. The van der Waals surface area contributed by atoms with Gasteiger partial charge in [-0.3, -0.25) is 14.6 Å². The van der Waals surface area contributed by atoms with Crippen LogP contribution in [0, 0.1) is 5.41 Å². The van der Waals surface area contributed by atoms with Gasteiger partial charge >= 0.3 is 0 Å². The number of nitrogens with one attached hydrogen (secondary N) is 1. The van der Waals surface area contributed by atoms with E-state index in [0.29, 0.717) is 42.7 Å². The Morgan fingerprint density at radius 3 is 2.77 bits per heavy atom. The van der Waals surface area contributed by atoms with Crippen LogP contribution >= 0.6 is 0 Å². The van der Waals surface area contributed by atoms with Crippen LogP contribution in [0.15, 0.2) is 46.7 Å². The number of hydrazone groups is 1. The van der Waals surface area contributed by atoms with Crippen LogP contribution in [-0.4, -0.2) is 73.1 Å². The quantitative estimate of drug-likeness (QED) is 0.319. The molecule has 1 atom stereocenters. The number of aromatic nitrogens is 1. The molecule has 0 bridgehead atoms. The van der Waals surface area contributed by atoms with Crippen molar-refractivity contribution in [1.82, 2.24) is 14.9 Å². The average molecular weight is 415 g/mol. The summed E-state index contributed by atoms with van der Waals surface area (Å²) in [4.78, 5) is 25.5. The van der Waals surface area contributed by atoms with Gasteiger partial charge in [-0.1, -0.05) is 18.2 Å². The number of amides is 1. The van der Waals surface area contributed by atoms with E-state index in [-0.39, 0.29) is 11.9 Å². The van der Waals surface area contributed by atoms with Gasteiger partial charge < -0.3 is 15.0 Å². The fourth-order valence-corrected chi connectivity index (χ4v) is 3.16. The van der Waals surface area contributed by atoms with Gasteiger partial charge in [0.05, 0.1) is 43.8 Å². The highest BCUT2D eigenvalue weighted by Gasteiger charge is 2.30. The van der Waals surface area contributed by atoms with Crippen LogP contribution < -0.4 is 9.80 Å². The van der Waals surface area contributed by atoms with Crippen LogP contribution in [-0.2, 0) is 9.63 Å². The second kappa shape index (κ2) is 11.1. The van der Waals surface area contributed by atoms with E-state index >= 15 is 0 Å². The molecule has 1 amide bonds. The van der Waals surface area contributed by atoms with Crippen LogP contribution in [0.1, 0.15) is 20.8 Å². The Hall–Kier alpha value is -3.20. The number of methoxy groups -OCH3 is 1. The third kappa shape index (κ3) is 5.44. The van der Waals surface area contributed by atoms with E-state index in [9.17, 15) is 4.79 Å². The molecule has 0 aromatic carbocycles. The van der Waals surface area contributed by atoms with Gasteiger partial charge in [-0.2, -0.15) is 10.1 Å². The van der Waals surface area contributed by atoms with Gasteiger partial charge in [0.25, 0.3) is 5.91 Å². The van der Waals surface area contributed by atoms with Crippen molar-refractivity contribution in [1.29, 1.82) is 5.41 Å². The number of hydrogen-bond donors (Lipinski definition) is 1. The van der Waals surface area contributed by atoms with E-state index in [4.69, 9.17) is 15.0 Å². The molecule has 1 saturated heterocycles. The molecule has 0 saturated carbocycles. The molecule has 9 heteroatoms. The maximum absolute atomic E-state index is 13.4. The van der Waals surface area contributed by atoms with Crippen molar-refractivity contribution in [3.8, 4) is 5.88 Å². The molecule has 162 valence electrons. The number of pyridine rings is 1. The summed E-state index contributed by atoms with van der Waals surface area (Å²) in [5.74, 6) is 1.04. The topological polar surface area (TPSA) is 94.3 Å². The standard InChI is InChI=1S/C21H30N6O3/c1-6-17(18(7-2)25(4)23-12-11-22)21(28)26-13-14-27(30-15-16(26)3)19-9-8-10-20(24-19)29-5/h6-12,16,22H,13-15H2,1-5H3/b17-6+,18-7+,22-11?,23-12-/t16-/m1/s1. The number of nitrogens with zero attached hydrogens (tertiary/aromatic N) is 5. The molecule has 1 aromatic heterocycles. The zero-order valence-electron chi connectivity index (χ0n) is 18.2. The first-order chi connectivity index (χ1) is 14.5. The highest BCUT2D eigenvalue weighted by Crippen LogP contribution is 2.22. The molecule has 30 heavy (non-hydrogen) atoms. The summed E-state index contributed by atoms with van der Waals surface area (Å²) in [6.45, 7) is 6.93. The lowest BCUT2D eigenvalue weighted by molar-refractivity contribution is -0.129. The Kier molecular flexibility index (Phi) is 8.54. The fraction of sp³-hybridized carbons (Fsp3) is 0.429. The molecule has 0 radical (unpaired) electrons. The molecular formula is C21H30N6O3. The Bertz CT molecular complexity index is 836. The predicted octanol–water partition coefficient (Wildman–Crippen LogP) is 2.48. The number of likely N-dealkylation sites (N-methyl/N-ethyl adjacent to an activating group) is 1. The van der Waals surface area contributed by atoms with Gasteiger partial charge in [-0.05, 0) is 26.8 Å². The third-order valence-corrected chi connectivity index (χ3v) is 4.71. The van der Waals surface area contributed by atoms with Gasteiger partial charge in [0, 0.05) is 25.9 Å². The summed E-state index contributed by atoms with van der Waals surface area (Å²) in [5, 5.41) is 14.5. The smallest absolute Gasteiger partial charge is 0.256 e. The largest absolute Gasteiger partial charge is 0.481 e. The summed E-state index contributed by atoms with van der Waals surface area (Å²) in [6.07, 6.45) is 6.08. The van der Waals surface area contributed by atoms with Gasteiger partial charge in [0.1, 0.15) is 0 Å². The fourth-order valence-electron chi connectivity index (χ4n) is 3.16. The minimum Gasteiger partial charge on any atom is -0.481 e. The SMILES string of the molecule is C/C=C(C(=O)N1CCN(c2cccc(OC)n2)OC[C@H]1C)\C(=C/C)N(C)/N=C\C=N. The lowest BCUT2D eigenvalue weighted by Gasteiger charge is -2.29. The molecular weight excluding hydrogens is 384 g/mol. The summed E-state index contributed by atoms with van der Waals surface area (Å²) < 4.78 is 5.19. The van der Waals surface area contributed by atoms with Crippen molar-refractivity contribution >= 4 is 24.2 Å². The highest BCUT2D eigenvalue weighted by molar-refractivity contribution is 6.14. The Balaban J connectivity index is 2.20. The predicted molar refractivity (Wildman–Crippen MR) is 118 cm³/mol. The van der Waals surface area contributed by atoms with Crippen LogP contribution in [0.4, 0.5) is 5.82 Å². The lowest BCUT2D eigenvalue weighted by atomic mass is 10.1. The summed E-state index contributed by atoms with van der Waals surface area (Å²) in [5.41, 5.74) is 1.21. The van der Waals surface area contributed by atoms with E-state index < -0.39 is 0 Å². The molecule has 1 aliphatic heterocycles. The zero-order valence-corrected chi connectivity index (χ0v) is 18.2. The van der Waals surface area contributed by atoms with Crippen LogP contribution in [0.2, 0.25) is 0 Å². The van der Waals surface area contributed by atoms with E-state index in [1.54, 1.807) is 41.3 Å². The number of carbonyl (C=O) groups is 1. The average Bonchev–Trinajstić information content (AvgIpc) is 2.96. The summed E-state index contributed by atoms with van der Waals surface area (Å²) >= 11 is 0. The van der Waals surface area contributed by atoms with Gasteiger partial charge in [0.2, 0.25) is 5.88 Å². The van der Waals surface area contributed by atoms with Crippen molar-refractivity contribution < 1.29 is 14.4 Å². The first-order valence-corrected chi connectivity index (χ1v) is 9.79. The molecule has 9 nitrogen and oxygen atoms in total. The molecule has 0 unspecified atom stereocenters. The Labute approximate surface area is 177 Å². The molecule has 1 aromatic rings. The molecule has 2 heterocycles. The maximum Gasteiger partial charge on any atom is 0.256 e. The molecule has 0 spiro atoms. The summed E-state index contributed by atoms with van der Waals surface area (Å²) in [6, 6.07) is 5.34. The molecule has 1 N–H and O–H groups in total. The van der Waals surface area contributed by atoms with E-state index in [2.05, 4.69) is 10.1 Å². The number of ether oxygens (including phenoxy) is 1. The van der Waals surface area contributed by atoms with Crippen molar-refractivity contribution in [2.75, 3.05) is 38.9 Å². The van der Waals surface area contributed by atoms with Gasteiger partial charge in [-0.25, -0.2) is 5.06 Å². The first-order valence-electron chi connectivity index (χ1n) is 9.79. The number of carbonyl (C=O) groups excluding carboxylic acids is 1. The van der Waals surface area contributed by atoms with Crippen molar-refractivity contribution in [3.05, 3.63) is 41.6 Å². The number of allylic oxidation sites excluding steroid dienone is 2. The zero-order chi connectivity index (χ0) is 22.1. The molecule has 0 aliphatic carbocycles. The second-order valence-corrected chi connectivity index (χ2v) is 6.61. The lowest BCUT2D eigenvalue weighted by Crippen LogP contribution is -2.42. The minimum absolute atomic E-state index is 0.0981. The summed E-state index contributed by atoms with van der Waals surface area (Å²) in [7, 11) is 3.32. The minimum atomic E-state index is -0.128. The number of anilines is 1. The van der Waals surface area contributed by atoms with E-state index in [1.807, 2.05) is 39.0 Å². The second-order valence-electron chi connectivity index (χ2n) is 6.61. The highest BCUT2D eigenvalue weighted by atomic mass is 16.7. The monoisotopic (exact) mass is 414 g/mol. The molecule has 2 rings (SSSR count). The van der Waals surface area contributed by atoms with Gasteiger partial charge in [-0.15, -0.1) is 0 Å². The van der Waals surface area contributed by atoms with Crippen LogP contribution in [0.3, 0.4) is 0 Å². The van der Waals surface area contributed by atoms with Crippen molar-refractivity contribution in [2.24, 2.45) is 5.10 Å². The first kappa shape index (κ1) is 23.1. The number of rotatable bonds is 7. The van der Waals surface area contributed by atoms with E-state index in [1.165, 1.54) is 6.21 Å². The number of hydroxylamine groups is 1. The Morgan fingerprint density at radius 1 is 1.37 bits per heavy atom. The normalized spacial score (nSPS) is 18.4. The maximum atomic E-state index is 13.4. The molecule has 1 aliphatic rings. The van der Waals surface area contributed by atoms with Crippen molar-refractivity contribution in [2.45, 2.75) is 26.8 Å². The Morgan fingerprint density at radius 2 is 2.13 bits per heavy atom. The number of hydrogen-bond acceptors (Lipinski definition) is 8. The van der Waals surface area contributed by atoms with Crippen LogP contribution in [0.5, 0.6) is 5.88 Å². The molecule has 1 fully saturated rings. The van der Waals surface area contributed by atoms with Crippen LogP contribution in [0.25, 0.3) is 0 Å².